The van der Waals surface area contributed by atoms with Crippen molar-refractivity contribution in [1.29, 1.82) is 0 Å². The molecule has 0 aliphatic heterocycles. The highest BCUT2D eigenvalue weighted by molar-refractivity contribution is 5.93. The molecule has 0 bridgehead atoms. The summed E-state index contributed by atoms with van der Waals surface area (Å²) >= 11 is 0. The topological polar surface area (TPSA) is 75.1 Å². The Morgan fingerprint density at radius 3 is 2.94 bits per heavy atom. The van der Waals surface area contributed by atoms with E-state index in [9.17, 15) is 4.79 Å². The highest BCUT2D eigenvalue weighted by atomic mass is 16.4. The number of aromatic carboxylic acids is 1. The van der Waals surface area contributed by atoms with Gasteiger partial charge in [-0.05, 0) is 30.5 Å². The van der Waals surface area contributed by atoms with Crippen molar-refractivity contribution in [3.8, 4) is 0 Å². The van der Waals surface area contributed by atoms with Gasteiger partial charge < -0.3 is 10.4 Å². The Morgan fingerprint density at radius 2 is 2.28 bits per heavy atom. The Labute approximate surface area is 104 Å². The van der Waals surface area contributed by atoms with E-state index in [4.69, 9.17) is 5.11 Å². The molecular formula is C13H13N3O2. The van der Waals surface area contributed by atoms with Gasteiger partial charge in [-0.15, -0.1) is 0 Å². The van der Waals surface area contributed by atoms with Crippen molar-refractivity contribution in [1.82, 2.24) is 9.97 Å². The second-order valence-corrected chi connectivity index (χ2v) is 4.74. The summed E-state index contributed by atoms with van der Waals surface area (Å²) < 4.78 is 0. The molecule has 1 aromatic carbocycles. The third kappa shape index (κ3) is 1.99. The second kappa shape index (κ2) is 3.94. The Morgan fingerprint density at radius 1 is 1.50 bits per heavy atom. The number of hydrogen-bond donors (Lipinski definition) is 2. The molecule has 92 valence electrons. The number of aromatic nitrogens is 2. The third-order valence-corrected chi connectivity index (χ3v) is 3.25. The van der Waals surface area contributed by atoms with Gasteiger partial charge in [0.1, 0.15) is 0 Å². The summed E-state index contributed by atoms with van der Waals surface area (Å²) in [4.78, 5) is 19.4. The molecule has 5 heteroatoms. The normalized spacial score (nSPS) is 21.8. The van der Waals surface area contributed by atoms with Crippen LogP contribution in [-0.2, 0) is 0 Å². The lowest BCUT2D eigenvalue weighted by molar-refractivity contribution is 0.0697. The molecule has 3 rings (SSSR count). The van der Waals surface area contributed by atoms with Gasteiger partial charge in [-0.2, -0.15) is 0 Å². The first-order valence-corrected chi connectivity index (χ1v) is 5.90. The van der Waals surface area contributed by atoms with E-state index in [1.807, 2.05) is 0 Å². The van der Waals surface area contributed by atoms with Crippen LogP contribution in [0.2, 0.25) is 0 Å². The average molecular weight is 243 g/mol. The molecule has 0 saturated heterocycles. The number of fused-ring (bicyclic) bond motifs is 1. The SMILES string of the molecule is CC1CC1Nc1ncc2cc(C(=O)O)ccc2n1. The van der Waals surface area contributed by atoms with Crippen LogP contribution in [0, 0.1) is 5.92 Å². The molecule has 1 aromatic heterocycles. The zero-order valence-corrected chi connectivity index (χ0v) is 9.92. The predicted octanol–water partition coefficient (Wildman–Crippen LogP) is 2.15. The number of nitrogens with zero attached hydrogens (tertiary/aromatic N) is 2. The smallest absolute Gasteiger partial charge is 0.335 e. The molecule has 1 fully saturated rings. The number of nitrogens with one attached hydrogen (secondary N) is 1. The molecule has 0 radical (unpaired) electrons. The van der Waals surface area contributed by atoms with E-state index in [2.05, 4.69) is 22.2 Å². The zero-order chi connectivity index (χ0) is 12.7. The second-order valence-electron chi connectivity index (χ2n) is 4.74. The number of hydrogen-bond acceptors (Lipinski definition) is 4. The van der Waals surface area contributed by atoms with Crippen LogP contribution in [-0.4, -0.2) is 27.1 Å². The minimum Gasteiger partial charge on any atom is -0.478 e. The van der Waals surface area contributed by atoms with E-state index >= 15 is 0 Å². The van der Waals surface area contributed by atoms with Crippen LogP contribution in [0.5, 0.6) is 0 Å². The first-order valence-electron chi connectivity index (χ1n) is 5.90. The maximum atomic E-state index is 10.8. The number of carboxylic acids is 1. The van der Waals surface area contributed by atoms with Crippen LogP contribution in [0.1, 0.15) is 23.7 Å². The van der Waals surface area contributed by atoms with Crippen molar-refractivity contribution in [3.63, 3.8) is 0 Å². The van der Waals surface area contributed by atoms with E-state index in [0.717, 1.165) is 17.3 Å². The molecule has 1 aliphatic carbocycles. The number of anilines is 1. The summed E-state index contributed by atoms with van der Waals surface area (Å²) in [5.74, 6) is 0.351. The molecule has 1 heterocycles. The molecule has 1 saturated carbocycles. The van der Waals surface area contributed by atoms with Crippen LogP contribution >= 0.6 is 0 Å². The van der Waals surface area contributed by atoms with Gasteiger partial charge in [0, 0.05) is 17.6 Å². The molecule has 5 nitrogen and oxygen atoms in total. The van der Waals surface area contributed by atoms with Gasteiger partial charge in [0.15, 0.2) is 0 Å². The van der Waals surface area contributed by atoms with Gasteiger partial charge in [0.05, 0.1) is 11.1 Å². The van der Waals surface area contributed by atoms with Gasteiger partial charge in [-0.25, -0.2) is 14.8 Å². The van der Waals surface area contributed by atoms with Gasteiger partial charge >= 0.3 is 5.97 Å². The minimum absolute atomic E-state index is 0.252. The molecule has 2 aromatic rings. The molecule has 1 aliphatic rings. The summed E-state index contributed by atoms with van der Waals surface area (Å²) in [6, 6.07) is 5.32. The van der Waals surface area contributed by atoms with Crippen LogP contribution in [0.4, 0.5) is 5.95 Å². The average Bonchev–Trinajstić information content (AvgIpc) is 3.04. The maximum absolute atomic E-state index is 10.8. The lowest BCUT2D eigenvalue weighted by Crippen LogP contribution is -2.07. The number of benzene rings is 1. The van der Waals surface area contributed by atoms with E-state index < -0.39 is 5.97 Å². The van der Waals surface area contributed by atoms with Crippen molar-refractivity contribution in [3.05, 3.63) is 30.0 Å². The van der Waals surface area contributed by atoms with Gasteiger partial charge in [0.2, 0.25) is 5.95 Å². The molecule has 2 N–H and O–H groups in total. The summed E-state index contributed by atoms with van der Waals surface area (Å²) in [5, 5.41) is 12.9. The van der Waals surface area contributed by atoms with Crippen LogP contribution < -0.4 is 5.32 Å². The molecule has 2 unspecified atom stereocenters. The Hall–Kier alpha value is -2.17. The lowest BCUT2D eigenvalue weighted by Gasteiger charge is -2.04. The van der Waals surface area contributed by atoms with Crippen molar-refractivity contribution in [2.75, 3.05) is 5.32 Å². The fourth-order valence-electron chi connectivity index (χ4n) is 1.92. The van der Waals surface area contributed by atoms with E-state index in [1.54, 1.807) is 24.4 Å². The standard InChI is InChI=1S/C13H13N3O2/c1-7-4-11(7)16-13-14-6-9-5-8(12(17)18)2-3-10(9)15-13/h2-3,5-7,11H,4H2,1H3,(H,17,18)(H,14,15,16). The van der Waals surface area contributed by atoms with Crippen molar-refractivity contribution < 1.29 is 9.90 Å². The molecule has 18 heavy (non-hydrogen) atoms. The zero-order valence-electron chi connectivity index (χ0n) is 9.92. The maximum Gasteiger partial charge on any atom is 0.335 e. The van der Waals surface area contributed by atoms with Crippen LogP contribution in [0.3, 0.4) is 0 Å². The lowest BCUT2D eigenvalue weighted by atomic mass is 10.1. The predicted molar refractivity (Wildman–Crippen MR) is 67.7 cm³/mol. The summed E-state index contributed by atoms with van der Waals surface area (Å²) in [7, 11) is 0. The summed E-state index contributed by atoms with van der Waals surface area (Å²) in [5.41, 5.74) is 1.01. The third-order valence-electron chi connectivity index (χ3n) is 3.25. The van der Waals surface area contributed by atoms with Crippen molar-refractivity contribution >= 4 is 22.8 Å². The Kier molecular flexibility index (Phi) is 2.40. The monoisotopic (exact) mass is 243 g/mol. The first kappa shape index (κ1) is 11.0. The van der Waals surface area contributed by atoms with Gasteiger partial charge in [-0.1, -0.05) is 6.92 Å². The highest BCUT2D eigenvalue weighted by Gasteiger charge is 2.32. The van der Waals surface area contributed by atoms with Gasteiger partial charge in [0.25, 0.3) is 0 Å². The van der Waals surface area contributed by atoms with E-state index in [-0.39, 0.29) is 5.56 Å². The molecular weight excluding hydrogens is 230 g/mol. The fourth-order valence-corrected chi connectivity index (χ4v) is 1.92. The van der Waals surface area contributed by atoms with Crippen LogP contribution in [0.15, 0.2) is 24.4 Å². The quantitative estimate of drug-likeness (QED) is 0.863. The fraction of sp³-hybridized carbons (Fsp3) is 0.308. The Bertz CT molecular complexity index is 627. The van der Waals surface area contributed by atoms with Crippen molar-refractivity contribution in [2.45, 2.75) is 19.4 Å². The van der Waals surface area contributed by atoms with Crippen LogP contribution in [0.25, 0.3) is 10.9 Å². The highest BCUT2D eigenvalue weighted by Crippen LogP contribution is 2.31. The number of carboxylic acid groups (broad SMARTS) is 1. The van der Waals surface area contributed by atoms with E-state index in [1.165, 1.54) is 0 Å². The molecule has 0 amide bonds. The molecule has 2 atom stereocenters. The summed E-state index contributed by atoms with van der Waals surface area (Å²) in [6.45, 7) is 2.18. The summed E-state index contributed by atoms with van der Waals surface area (Å²) in [6.07, 6.45) is 2.81. The molecule has 0 spiro atoms. The first-order chi connectivity index (χ1) is 8.63. The largest absolute Gasteiger partial charge is 0.478 e. The van der Waals surface area contributed by atoms with Crippen molar-refractivity contribution in [2.24, 2.45) is 5.92 Å². The van der Waals surface area contributed by atoms with Gasteiger partial charge in [-0.3, -0.25) is 0 Å². The Balaban J connectivity index is 1.92. The minimum atomic E-state index is -0.939. The number of carbonyl (C=O) groups is 1. The number of rotatable bonds is 3. The van der Waals surface area contributed by atoms with E-state index in [0.29, 0.717) is 17.9 Å².